The van der Waals surface area contributed by atoms with E-state index in [1.165, 1.54) is 28.8 Å². The number of carbonyl (C=O) groups excluding carboxylic acids is 2. The Morgan fingerprint density at radius 3 is 2.68 bits per heavy atom. The summed E-state index contributed by atoms with van der Waals surface area (Å²) in [7, 11) is 0. The summed E-state index contributed by atoms with van der Waals surface area (Å²) in [6.07, 6.45) is 1.97. The Bertz CT molecular complexity index is 1040. The minimum Gasteiger partial charge on any atom is -0.508 e. The first-order chi connectivity index (χ1) is 13.4. The normalized spacial score (nSPS) is 11.0. The third-order valence-electron chi connectivity index (χ3n) is 4.78. The summed E-state index contributed by atoms with van der Waals surface area (Å²) in [5.74, 6) is -0.967. The molecule has 0 bridgehead atoms. The average molecular weight is 382 g/mol. The predicted octanol–water partition coefficient (Wildman–Crippen LogP) is 3.94. The van der Waals surface area contributed by atoms with E-state index in [-0.39, 0.29) is 29.5 Å². The number of hydrogen-bond acceptors (Lipinski definition) is 3. The van der Waals surface area contributed by atoms with Crippen LogP contribution in [0.2, 0.25) is 0 Å². The van der Waals surface area contributed by atoms with E-state index in [4.69, 9.17) is 0 Å². The number of nitrogens with one attached hydrogen (secondary N) is 1. The Hall–Kier alpha value is -3.15. The molecule has 28 heavy (non-hydrogen) atoms. The highest BCUT2D eigenvalue weighted by Gasteiger charge is 2.22. The maximum atomic E-state index is 13.6. The highest BCUT2D eigenvalue weighted by molar-refractivity contribution is 6.05. The zero-order valence-electron chi connectivity index (χ0n) is 16.0. The van der Waals surface area contributed by atoms with Crippen molar-refractivity contribution in [2.24, 2.45) is 0 Å². The fourth-order valence-electron chi connectivity index (χ4n) is 3.33. The van der Waals surface area contributed by atoms with Crippen molar-refractivity contribution in [1.29, 1.82) is 0 Å². The van der Waals surface area contributed by atoms with E-state index in [0.717, 1.165) is 12.8 Å². The lowest BCUT2D eigenvalue weighted by Crippen LogP contribution is -2.26. The van der Waals surface area contributed by atoms with Gasteiger partial charge >= 0.3 is 0 Å². The van der Waals surface area contributed by atoms with Gasteiger partial charge in [-0.05, 0) is 55.3 Å². The van der Waals surface area contributed by atoms with Gasteiger partial charge in [-0.15, -0.1) is 0 Å². The number of benzene rings is 2. The maximum absolute atomic E-state index is 13.6. The summed E-state index contributed by atoms with van der Waals surface area (Å²) in [4.78, 5) is 25.4. The lowest BCUT2D eigenvalue weighted by molar-refractivity contribution is -0.120. The monoisotopic (exact) mass is 382 g/mol. The quantitative estimate of drug-likeness (QED) is 0.635. The fourth-order valence-corrected chi connectivity index (χ4v) is 3.33. The van der Waals surface area contributed by atoms with Crippen LogP contribution in [-0.4, -0.2) is 28.0 Å². The Kier molecular flexibility index (Phi) is 5.78. The number of aromatic nitrogens is 1. The van der Waals surface area contributed by atoms with Crippen LogP contribution >= 0.6 is 0 Å². The fraction of sp³-hybridized carbons (Fsp3) is 0.273. The van der Waals surface area contributed by atoms with Crippen LogP contribution in [0.15, 0.2) is 42.5 Å². The largest absolute Gasteiger partial charge is 0.508 e. The van der Waals surface area contributed by atoms with Gasteiger partial charge in [0.15, 0.2) is 0 Å². The first-order valence-corrected chi connectivity index (χ1v) is 9.32. The Morgan fingerprint density at radius 1 is 1.18 bits per heavy atom. The number of halogens is 1. The summed E-state index contributed by atoms with van der Waals surface area (Å²) >= 11 is 0. The molecule has 1 heterocycles. The van der Waals surface area contributed by atoms with E-state index in [9.17, 15) is 19.1 Å². The number of nitrogens with zero attached hydrogens (tertiary/aromatic N) is 1. The van der Waals surface area contributed by atoms with Gasteiger partial charge in [0.25, 0.3) is 5.91 Å². The van der Waals surface area contributed by atoms with Crippen LogP contribution in [0.25, 0.3) is 10.9 Å². The zero-order chi connectivity index (χ0) is 20.3. The summed E-state index contributed by atoms with van der Waals surface area (Å²) in [5, 5.41) is 13.4. The Labute approximate surface area is 162 Å². The summed E-state index contributed by atoms with van der Waals surface area (Å²) in [6, 6.07) is 10.2. The minimum atomic E-state index is -0.492. The number of hydrogen-bond donors (Lipinski definition) is 2. The molecule has 1 aromatic heterocycles. The van der Waals surface area contributed by atoms with Gasteiger partial charge in [0.1, 0.15) is 11.6 Å². The molecule has 0 radical (unpaired) electrons. The second-order valence-corrected chi connectivity index (χ2v) is 6.80. The van der Waals surface area contributed by atoms with Crippen molar-refractivity contribution in [2.45, 2.75) is 33.1 Å². The number of carbonyl (C=O) groups is 2. The molecule has 2 N–H and O–H groups in total. The van der Waals surface area contributed by atoms with Gasteiger partial charge in [0, 0.05) is 23.2 Å². The van der Waals surface area contributed by atoms with E-state index < -0.39 is 5.82 Å². The molecule has 0 saturated heterocycles. The van der Waals surface area contributed by atoms with Crippen molar-refractivity contribution >= 4 is 22.7 Å². The van der Waals surface area contributed by atoms with Crippen LogP contribution in [0.5, 0.6) is 5.75 Å². The van der Waals surface area contributed by atoms with Gasteiger partial charge in [-0.1, -0.05) is 19.4 Å². The topological polar surface area (TPSA) is 71.3 Å². The summed E-state index contributed by atoms with van der Waals surface area (Å²) < 4.78 is 15.1. The molecule has 0 aliphatic rings. The molecule has 6 heteroatoms. The summed E-state index contributed by atoms with van der Waals surface area (Å²) in [5.41, 5.74) is 2.05. The molecular formula is C22H23FN2O3. The number of phenolic OH excluding ortho intramolecular Hbond substituents is 1. The molecule has 0 saturated carbocycles. The first kappa shape index (κ1) is 19.6. The van der Waals surface area contributed by atoms with Gasteiger partial charge in [-0.3, -0.25) is 14.2 Å². The van der Waals surface area contributed by atoms with Crippen molar-refractivity contribution in [3.8, 4) is 5.75 Å². The van der Waals surface area contributed by atoms with Gasteiger partial charge in [0.05, 0.1) is 11.9 Å². The SMILES string of the molecule is CCCCNC(=O)Cc1c(C)n(C(=O)c2cccc(F)c2)c2ccc(O)cc12. The third-order valence-corrected chi connectivity index (χ3v) is 4.78. The average Bonchev–Trinajstić information content (AvgIpc) is 2.92. The van der Waals surface area contributed by atoms with Crippen molar-refractivity contribution in [3.05, 3.63) is 65.1 Å². The van der Waals surface area contributed by atoms with Crippen LogP contribution in [0.4, 0.5) is 4.39 Å². The van der Waals surface area contributed by atoms with Gasteiger partial charge in [0.2, 0.25) is 5.91 Å². The highest BCUT2D eigenvalue weighted by Crippen LogP contribution is 2.30. The second-order valence-electron chi connectivity index (χ2n) is 6.80. The lowest BCUT2D eigenvalue weighted by atomic mass is 10.1. The minimum absolute atomic E-state index is 0.0514. The van der Waals surface area contributed by atoms with Crippen LogP contribution in [0, 0.1) is 12.7 Å². The number of fused-ring (bicyclic) bond motifs is 1. The van der Waals surface area contributed by atoms with Crippen LogP contribution in [0.1, 0.15) is 41.4 Å². The van der Waals surface area contributed by atoms with Gasteiger partial charge < -0.3 is 10.4 Å². The lowest BCUT2D eigenvalue weighted by Gasteiger charge is -2.08. The van der Waals surface area contributed by atoms with E-state index in [1.807, 2.05) is 6.92 Å². The molecule has 5 nitrogen and oxygen atoms in total. The van der Waals surface area contributed by atoms with Crippen LogP contribution in [0.3, 0.4) is 0 Å². The van der Waals surface area contributed by atoms with Gasteiger partial charge in [-0.25, -0.2) is 4.39 Å². The smallest absolute Gasteiger partial charge is 0.262 e. The Morgan fingerprint density at radius 2 is 1.96 bits per heavy atom. The first-order valence-electron chi connectivity index (χ1n) is 9.32. The molecule has 2 aromatic carbocycles. The van der Waals surface area contributed by atoms with Crippen LogP contribution in [-0.2, 0) is 11.2 Å². The molecule has 0 unspecified atom stereocenters. The molecule has 146 valence electrons. The number of aromatic hydroxyl groups is 1. The maximum Gasteiger partial charge on any atom is 0.262 e. The van der Waals surface area contributed by atoms with Crippen LogP contribution < -0.4 is 5.32 Å². The number of phenols is 1. The van der Waals surface area contributed by atoms with Crippen molar-refractivity contribution in [2.75, 3.05) is 6.54 Å². The van der Waals surface area contributed by atoms with E-state index in [2.05, 4.69) is 5.32 Å². The highest BCUT2D eigenvalue weighted by atomic mass is 19.1. The molecule has 0 aliphatic heterocycles. The summed E-state index contributed by atoms with van der Waals surface area (Å²) in [6.45, 7) is 4.40. The molecule has 3 rings (SSSR count). The van der Waals surface area contributed by atoms with E-state index in [1.54, 1.807) is 25.1 Å². The predicted molar refractivity (Wildman–Crippen MR) is 106 cm³/mol. The molecule has 0 atom stereocenters. The van der Waals surface area contributed by atoms with E-state index in [0.29, 0.717) is 28.7 Å². The van der Waals surface area contributed by atoms with Gasteiger partial charge in [-0.2, -0.15) is 0 Å². The second kappa shape index (κ2) is 8.25. The number of amides is 1. The zero-order valence-corrected chi connectivity index (χ0v) is 16.0. The van der Waals surface area contributed by atoms with Crippen molar-refractivity contribution < 1.29 is 19.1 Å². The molecule has 0 spiro atoms. The Balaban J connectivity index is 2.05. The molecule has 0 fully saturated rings. The molecule has 0 aliphatic carbocycles. The van der Waals surface area contributed by atoms with Crippen molar-refractivity contribution in [1.82, 2.24) is 9.88 Å². The van der Waals surface area contributed by atoms with E-state index >= 15 is 0 Å². The molecular weight excluding hydrogens is 359 g/mol. The number of rotatable bonds is 6. The van der Waals surface area contributed by atoms with Crippen molar-refractivity contribution in [3.63, 3.8) is 0 Å². The molecule has 3 aromatic rings. The standard InChI is InChI=1S/C22H23FN2O3/c1-3-4-10-24-21(27)13-18-14(2)25(20-9-8-17(26)12-19(18)20)22(28)15-6-5-7-16(23)11-15/h5-9,11-12,26H,3-4,10,13H2,1-2H3,(H,24,27). The third kappa shape index (κ3) is 3.91. The number of unbranched alkanes of at least 4 members (excludes halogenated alkanes) is 1. The molecule has 1 amide bonds.